The van der Waals surface area contributed by atoms with E-state index in [2.05, 4.69) is 13.8 Å². The summed E-state index contributed by atoms with van der Waals surface area (Å²) in [5.74, 6) is 0. The predicted molar refractivity (Wildman–Crippen MR) is 75.5 cm³/mol. The van der Waals surface area contributed by atoms with Crippen LogP contribution >= 0.6 is 0 Å². The van der Waals surface area contributed by atoms with Gasteiger partial charge in [-0.2, -0.15) is 0 Å². The minimum atomic E-state index is -0.861. The van der Waals surface area contributed by atoms with Crippen molar-refractivity contribution in [2.75, 3.05) is 0 Å². The molecule has 1 amide bonds. The maximum Gasteiger partial charge on any atom is 0.407 e. The molecule has 1 N–H and O–H groups in total. The van der Waals surface area contributed by atoms with E-state index in [1.807, 2.05) is 30.3 Å². The molecule has 3 rings (SSSR count). The lowest BCUT2D eigenvalue weighted by molar-refractivity contribution is -0.0447. The van der Waals surface area contributed by atoms with Gasteiger partial charge < -0.3 is 9.84 Å². The fourth-order valence-corrected chi connectivity index (χ4v) is 3.71. The minimum Gasteiger partial charge on any atom is -0.465 e. The highest BCUT2D eigenvalue weighted by molar-refractivity contribution is 5.66. The number of benzene rings is 1. The van der Waals surface area contributed by atoms with Gasteiger partial charge in [-0.05, 0) is 38.7 Å². The van der Waals surface area contributed by atoms with Gasteiger partial charge in [0.2, 0.25) is 0 Å². The van der Waals surface area contributed by atoms with Crippen molar-refractivity contribution >= 4 is 6.09 Å². The number of rotatable bonds is 3. The molecule has 4 heteroatoms. The number of carboxylic acid groups (broad SMARTS) is 1. The summed E-state index contributed by atoms with van der Waals surface area (Å²) in [5.41, 5.74) is 0.539. The predicted octanol–water partition coefficient (Wildman–Crippen LogP) is 3.27. The van der Waals surface area contributed by atoms with Gasteiger partial charge in [0, 0.05) is 6.54 Å². The number of carbonyl (C=O) groups is 1. The van der Waals surface area contributed by atoms with Crippen molar-refractivity contribution in [1.29, 1.82) is 0 Å². The molecule has 2 aliphatic heterocycles. The second kappa shape index (κ2) is 4.48. The smallest absolute Gasteiger partial charge is 0.407 e. The standard InChI is InChI=1S/C16H21NO3/c1-15-8-9-16(2,20-15)13(10-15)17(14(18)19)11-12-6-4-3-5-7-12/h3-7,13H,8-11H2,1-2H3,(H,18,19). The van der Waals surface area contributed by atoms with Crippen LogP contribution in [0.25, 0.3) is 0 Å². The molecule has 3 unspecified atom stereocenters. The van der Waals surface area contributed by atoms with E-state index in [1.165, 1.54) is 0 Å². The van der Waals surface area contributed by atoms with Crippen molar-refractivity contribution in [2.45, 2.75) is 56.9 Å². The lowest BCUT2D eigenvalue weighted by Gasteiger charge is -2.37. The molecule has 1 aromatic carbocycles. The Hall–Kier alpha value is -1.55. The number of nitrogens with zero attached hydrogens (tertiary/aromatic N) is 1. The zero-order chi connectivity index (χ0) is 14.4. The molecule has 2 fully saturated rings. The Labute approximate surface area is 119 Å². The Morgan fingerprint density at radius 1 is 1.35 bits per heavy atom. The molecule has 3 atom stereocenters. The average Bonchev–Trinajstić information content (AvgIpc) is 2.85. The number of ether oxygens (including phenoxy) is 1. The van der Waals surface area contributed by atoms with Crippen molar-refractivity contribution < 1.29 is 14.6 Å². The first-order chi connectivity index (χ1) is 9.42. The number of fused-ring (bicyclic) bond motifs is 2. The topological polar surface area (TPSA) is 49.8 Å². The van der Waals surface area contributed by atoms with Crippen molar-refractivity contribution in [3.8, 4) is 0 Å². The molecule has 0 aromatic heterocycles. The van der Waals surface area contributed by atoms with Gasteiger partial charge in [0.05, 0.1) is 17.2 Å². The highest BCUT2D eigenvalue weighted by Gasteiger charge is 2.59. The number of amides is 1. The van der Waals surface area contributed by atoms with E-state index in [4.69, 9.17) is 4.74 Å². The van der Waals surface area contributed by atoms with E-state index < -0.39 is 6.09 Å². The fraction of sp³-hybridized carbons (Fsp3) is 0.562. The van der Waals surface area contributed by atoms with E-state index in [0.717, 1.165) is 24.8 Å². The molecule has 2 saturated heterocycles. The molecule has 0 radical (unpaired) electrons. The maximum absolute atomic E-state index is 11.7. The highest BCUT2D eigenvalue weighted by Crippen LogP contribution is 2.52. The van der Waals surface area contributed by atoms with E-state index in [-0.39, 0.29) is 17.2 Å². The summed E-state index contributed by atoms with van der Waals surface area (Å²) >= 11 is 0. The van der Waals surface area contributed by atoms with Gasteiger partial charge in [-0.1, -0.05) is 30.3 Å². The summed E-state index contributed by atoms with van der Waals surface area (Å²) in [5, 5.41) is 9.59. The molecule has 4 nitrogen and oxygen atoms in total. The molecule has 0 aliphatic carbocycles. The molecule has 1 aromatic rings. The molecular weight excluding hydrogens is 254 g/mol. The fourth-order valence-electron chi connectivity index (χ4n) is 3.71. The maximum atomic E-state index is 11.7. The first-order valence-corrected chi connectivity index (χ1v) is 7.16. The molecule has 108 valence electrons. The molecule has 20 heavy (non-hydrogen) atoms. The summed E-state index contributed by atoms with van der Waals surface area (Å²) < 4.78 is 6.12. The Morgan fingerprint density at radius 2 is 2.05 bits per heavy atom. The van der Waals surface area contributed by atoms with Crippen LogP contribution in [0.3, 0.4) is 0 Å². The molecule has 2 heterocycles. The Kier molecular flexibility index (Phi) is 3.01. The van der Waals surface area contributed by atoms with Crippen LogP contribution in [-0.2, 0) is 11.3 Å². The normalized spacial score (nSPS) is 35.2. The second-order valence-corrected chi connectivity index (χ2v) is 6.48. The van der Waals surface area contributed by atoms with Crippen LogP contribution in [0.2, 0.25) is 0 Å². The van der Waals surface area contributed by atoms with Crippen LogP contribution < -0.4 is 0 Å². The average molecular weight is 275 g/mol. The zero-order valence-corrected chi connectivity index (χ0v) is 12.0. The van der Waals surface area contributed by atoms with E-state index in [9.17, 15) is 9.90 Å². The van der Waals surface area contributed by atoms with Gasteiger partial charge in [0.1, 0.15) is 0 Å². The van der Waals surface area contributed by atoms with Gasteiger partial charge >= 0.3 is 6.09 Å². The zero-order valence-electron chi connectivity index (χ0n) is 12.0. The third-order valence-electron chi connectivity index (χ3n) is 4.78. The van der Waals surface area contributed by atoms with Gasteiger partial charge in [-0.25, -0.2) is 4.79 Å². The van der Waals surface area contributed by atoms with Crippen molar-refractivity contribution in [2.24, 2.45) is 0 Å². The van der Waals surface area contributed by atoms with Gasteiger partial charge in [-0.3, -0.25) is 4.90 Å². The number of hydrogen-bond acceptors (Lipinski definition) is 2. The molecular formula is C16H21NO3. The summed E-state index contributed by atoms with van der Waals surface area (Å²) in [6, 6.07) is 9.70. The van der Waals surface area contributed by atoms with Crippen molar-refractivity contribution in [1.82, 2.24) is 4.90 Å². The Morgan fingerprint density at radius 3 is 2.55 bits per heavy atom. The van der Waals surface area contributed by atoms with Crippen LogP contribution in [0.4, 0.5) is 4.79 Å². The monoisotopic (exact) mass is 275 g/mol. The quantitative estimate of drug-likeness (QED) is 0.921. The molecule has 2 aliphatic rings. The van der Waals surface area contributed by atoms with Gasteiger partial charge in [-0.15, -0.1) is 0 Å². The SMILES string of the molecule is CC12CCC(C)(O1)C(N(Cc1ccccc1)C(=O)O)C2. The Bertz CT molecular complexity index is 518. The summed E-state index contributed by atoms with van der Waals surface area (Å²) in [6.07, 6.45) is 1.90. The van der Waals surface area contributed by atoms with Crippen LogP contribution in [0.5, 0.6) is 0 Å². The highest BCUT2D eigenvalue weighted by atomic mass is 16.5. The lowest BCUT2D eigenvalue weighted by Crippen LogP contribution is -2.50. The summed E-state index contributed by atoms with van der Waals surface area (Å²) in [7, 11) is 0. The van der Waals surface area contributed by atoms with E-state index >= 15 is 0 Å². The molecule has 2 bridgehead atoms. The lowest BCUT2D eigenvalue weighted by atomic mass is 9.79. The van der Waals surface area contributed by atoms with Gasteiger partial charge in [0.15, 0.2) is 0 Å². The Balaban J connectivity index is 1.84. The first-order valence-electron chi connectivity index (χ1n) is 7.16. The second-order valence-electron chi connectivity index (χ2n) is 6.48. The van der Waals surface area contributed by atoms with Crippen molar-refractivity contribution in [3.63, 3.8) is 0 Å². The van der Waals surface area contributed by atoms with E-state index in [0.29, 0.717) is 6.54 Å². The van der Waals surface area contributed by atoms with Crippen LogP contribution in [0, 0.1) is 0 Å². The van der Waals surface area contributed by atoms with Crippen LogP contribution in [0.15, 0.2) is 30.3 Å². The first kappa shape index (κ1) is 13.4. The van der Waals surface area contributed by atoms with Crippen LogP contribution in [0.1, 0.15) is 38.7 Å². The minimum absolute atomic E-state index is 0.0565. The number of hydrogen-bond donors (Lipinski definition) is 1. The van der Waals surface area contributed by atoms with Crippen LogP contribution in [-0.4, -0.2) is 33.3 Å². The van der Waals surface area contributed by atoms with Gasteiger partial charge in [0.25, 0.3) is 0 Å². The van der Waals surface area contributed by atoms with E-state index in [1.54, 1.807) is 4.90 Å². The molecule has 0 spiro atoms. The van der Waals surface area contributed by atoms with Crippen molar-refractivity contribution in [3.05, 3.63) is 35.9 Å². The largest absolute Gasteiger partial charge is 0.465 e. The third-order valence-corrected chi connectivity index (χ3v) is 4.78. The summed E-state index contributed by atoms with van der Waals surface area (Å²) in [6.45, 7) is 4.58. The summed E-state index contributed by atoms with van der Waals surface area (Å²) in [4.78, 5) is 13.2. The third kappa shape index (κ3) is 2.18. The molecule has 0 saturated carbocycles.